The number of hydrogen-bond acceptors (Lipinski definition) is 2. The van der Waals surface area contributed by atoms with Crippen molar-refractivity contribution >= 4 is 17.9 Å². The molecule has 0 aliphatic heterocycles. The predicted octanol–water partition coefficient (Wildman–Crippen LogP) is 14.3. The number of unbranched alkanes of at least 4 members (excludes halogenated alkanes) is 30. The normalized spacial score (nSPS) is 11.5. The topological polar surface area (TPSA) is 29.1 Å². The summed E-state index contributed by atoms with van der Waals surface area (Å²) in [6.45, 7) is 4.60. The van der Waals surface area contributed by atoms with Gasteiger partial charge in [0.15, 0.2) is 0 Å². The van der Waals surface area contributed by atoms with Gasteiger partial charge in [0.25, 0.3) is 0 Å². The molecule has 0 fully saturated rings. The second-order valence-electron chi connectivity index (χ2n) is 13.6. The van der Waals surface area contributed by atoms with E-state index in [0.717, 1.165) is 12.8 Å². The lowest BCUT2D eigenvalue weighted by Crippen LogP contribution is -2.25. The van der Waals surface area contributed by atoms with Crippen molar-refractivity contribution in [1.29, 1.82) is 0 Å². The Morgan fingerprint density at radius 3 is 0.833 bits per heavy atom. The molecule has 2 nitrogen and oxygen atoms in total. The molecule has 0 saturated carbocycles. The molecule has 3 heteroatoms. The Morgan fingerprint density at radius 2 is 0.619 bits per heavy atom. The Kier molecular flexibility index (Phi) is 36.9. The van der Waals surface area contributed by atoms with Gasteiger partial charge in [-0.2, -0.15) is 0 Å². The summed E-state index contributed by atoms with van der Waals surface area (Å²) in [5.74, 6) is 0.514. The summed E-state index contributed by atoms with van der Waals surface area (Å²) in [6, 6.07) is 0. The Hall–Kier alpha value is -0.180. The van der Waals surface area contributed by atoms with Gasteiger partial charge in [0.1, 0.15) is 0 Å². The second-order valence-corrected chi connectivity index (χ2v) is 14.2. The van der Waals surface area contributed by atoms with Crippen molar-refractivity contribution < 1.29 is 4.79 Å². The SMILES string of the molecule is CCCCCCCCCCCCCCCCCCC(CCCCCCCCCCCCCCCCCC)C(=O)NSC. The molecule has 0 radical (unpaired) electrons. The summed E-state index contributed by atoms with van der Waals surface area (Å²) in [5.41, 5.74) is 0. The third kappa shape index (κ3) is 32.7. The van der Waals surface area contributed by atoms with Crippen LogP contribution in [0.25, 0.3) is 0 Å². The first-order valence-corrected chi connectivity index (χ1v) is 20.8. The highest BCUT2D eigenvalue weighted by atomic mass is 32.2. The number of rotatable bonds is 36. The summed E-state index contributed by atoms with van der Waals surface area (Å²) < 4.78 is 3.03. The van der Waals surface area contributed by atoms with Gasteiger partial charge in [0.2, 0.25) is 5.91 Å². The zero-order valence-corrected chi connectivity index (χ0v) is 30.3. The Bertz CT molecular complexity index is 475. The highest BCUT2D eigenvalue weighted by Gasteiger charge is 2.17. The molecule has 0 spiro atoms. The monoisotopic (exact) mass is 610 g/mol. The number of nitrogens with one attached hydrogen (secondary N) is 1. The maximum Gasteiger partial charge on any atom is 0.232 e. The Morgan fingerprint density at radius 1 is 0.405 bits per heavy atom. The fourth-order valence-corrected chi connectivity index (χ4v) is 6.84. The van der Waals surface area contributed by atoms with E-state index >= 15 is 0 Å². The van der Waals surface area contributed by atoms with Gasteiger partial charge >= 0.3 is 0 Å². The number of amides is 1. The third-order valence-corrected chi connectivity index (χ3v) is 9.79. The van der Waals surface area contributed by atoms with Crippen LogP contribution in [0.4, 0.5) is 0 Å². The molecule has 0 aliphatic rings. The van der Waals surface area contributed by atoms with Gasteiger partial charge in [-0.3, -0.25) is 4.79 Å². The van der Waals surface area contributed by atoms with Gasteiger partial charge in [-0.05, 0) is 12.8 Å². The summed E-state index contributed by atoms with van der Waals surface area (Å²) >= 11 is 1.47. The lowest BCUT2D eigenvalue weighted by molar-refractivity contribution is -0.123. The molecule has 1 N–H and O–H groups in total. The van der Waals surface area contributed by atoms with Crippen molar-refractivity contribution in [2.24, 2.45) is 5.92 Å². The van der Waals surface area contributed by atoms with Crippen LogP contribution in [0, 0.1) is 5.92 Å². The van der Waals surface area contributed by atoms with Crippen LogP contribution in [0.15, 0.2) is 0 Å². The molecule has 0 aliphatic carbocycles. The van der Waals surface area contributed by atoms with Gasteiger partial charge in [-0.15, -0.1) is 0 Å². The minimum absolute atomic E-state index is 0.232. The molecule has 0 aromatic carbocycles. The second kappa shape index (κ2) is 37.0. The van der Waals surface area contributed by atoms with Crippen molar-refractivity contribution in [3.05, 3.63) is 0 Å². The maximum absolute atomic E-state index is 12.6. The smallest absolute Gasteiger partial charge is 0.232 e. The van der Waals surface area contributed by atoms with E-state index in [1.807, 2.05) is 6.26 Å². The number of carbonyl (C=O) groups excluding carboxylic acids is 1. The van der Waals surface area contributed by atoms with Crippen LogP contribution in [-0.2, 0) is 4.79 Å². The zero-order valence-electron chi connectivity index (χ0n) is 29.4. The van der Waals surface area contributed by atoms with E-state index < -0.39 is 0 Å². The maximum atomic E-state index is 12.6. The first kappa shape index (κ1) is 41.8. The predicted molar refractivity (Wildman–Crippen MR) is 193 cm³/mol. The zero-order chi connectivity index (χ0) is 30.6. The molecule has 0 unspecified atom stereocenters. The number of carbonyl (C=O) groups is 1. The average Bonchev–Trinajstić information content (AvgIpc) is 2.99. The van der Waals surface area contributed by atoms with Gasteiger partial charge in [-0.25, -0.2) is 0 Å². The molecule has 0 heterocycles. The highest BCUT2D eigenvalue weighted by molar-refractivity contribution is 7.97. The van der Waals surface area contributed by atoms with E-state index in [0.29, 0.717) is 0 Å². The quantitative estimate of drug-likeness (QED) is 0.0565. The lowest BCUT2D eigenvalue weighted by Gasteiger charge is -2.16. The molecule has 0 saturated heterocycles. The third-order valence-electron chi connectivity index (χ3n) is 9.39. The Balaban J connectivity index is 3.57. The van der Waals surface area contributed by atoms with Crippen molar-refractivity contribution in [2.45, 2.75) is 232 Å². The van der Waals surface area contributed by atoms with E-state index in [2.05, 4.69) is 18.6 Å². The summed E-state index contributed by atoms with van der Waals surface area (Å²) in [6.07, 6.45) is 49.1. The first-order valence-electron chi connectivity index (χ1n) is 19.6. The fourth-order valence-electron chi connectivity index (χ4n) is 6.47. The van der Waals surface area contributed by atoms with Crippen LogP contribution >= 0.6 is 11.9 Å². The van der Waals surface area contributed by atoms with Gasteiger partial charge in [0.05, 0.1) is 0 Å². The van der Waals surface area contributed by atoms with E-state index in [1.54, 1.807) is 0 Å². The molecule has 0 atom stereocenters. The van der Waals surface area contributed by atoms with E-state index in [4.69, 9.17) is 0 Å². The fraction of sp³-hybridized carbons (Fsp3) is 0.974. The number of hydrogen-bond donors (Lipinski definition) is 1. The van der Waals surface area contributed by atoms with Crippen LogP contribution in [-0.4, -0.2) is 12.2 Å². The molecule has 0 rings (SSSR count). The summed E-state index contributed by atoms with van der Waals surface area (Å²) in [4.78, 5) is 12.6. The summed E-state index contributed by atoms with van der Waals surface area (Å²) in [5, 5.41) is 0. The van der Waals surface area contributed by atoms with Crippen LogP contribution < -0.4 is 4.72 Å². The van der Waals surface area contributed by atoms with Crippen LogP contribution in [0.3, 0.4) is 0 Å². The van der Waals surface area contributed by atoms with E-state index in [9.17, 15) is 4.79 Å². The van der Waals surface area contributed by atoms with Crippen molar-refractivity contribution in [3.8, 4) is 0 Å². The molecule has 0 aromatic rings. The minimum Gasteiger partial charge on any atom is -0.300 e. The van der Waals surface area contributed by atoms with Crippen molar-refractivity contribution in [3.63, 3.8) is 0 Å². The van der Waals surface area contributed by atoms with E-state index in [1.165, 1.54) is 217 Å². The molecular weight excluding hydrogens is 531 g/mol. The highest BCUT2D eigenvalue weighted by Crippen LogP contribution is 2.21. The van der Waals surface area contributed by atoms with Gasteiger partial charge in [-0.1, -0.05) is 231 Å². The molecule has 0 bridgehead atoms. The molecule has 252 valence electrons. The largest absolute Gasteiger partial charge is 0.300 e. The summed E-state index contributed by atoms with van der Waals surface area (Å²) in [7, 11) is 0. The van der Waals surface area contributed by atoms with Crippen LogP contribution in [0.1, 0.15) is 232 Å². The molecular formula is C39H79NOS. The average molecular weight is 610 g/mol. The molecule has 42 heavy (non-hydrogen) atoms. The Labute approximate surface area is 271 Å². The van der Waals surface area contributed by atoms with Crippen molar-refractivity contribution in [1.82, 2.24) is 4.72 Å². The lowest BCUT2D eigenvalue weighted by atomic mass is 9.93. The van der Waals surface area contributed by atoms with Crippen LogP contribution in [0.5, 0.6) is 0 Å². The van der Waals surface area contributed by atoms with Gasteiger partial charge in [0, 0.05) is 12.2 Å². The van der Waals surface area contributed by atoms with E-state index in [-0.39, 0.29) is 11.8 Å². The first-order chi connectivity index (χ1) is 20.8. The standard InChI is InChI=1S/C39H79NOS/c1-4-6-8-10-12-14-16-18-20-22-24-26-28-30-32-34-36-38(39(41)40-42-3)37-35-33-31-29-27-25-23-21-19-17-15-13-11-9-7-5-2/h38H,4-37H2,1-3H3,(H,40,41). The minimum atomic E-state index is 0.232. The molecule has 1 amide bonds. The van der Waals surface area contributed by atoms with Gasteiger partial charge < -0.3 is 4.72 Å². The van der Waals surface area contributed by atoms with Crippen molar-refractivity contribution in [2.75, 3.05) is 6.26 Å². The molecule has 0 aromatic heterocycles. The van der Waals surface area contributed by atoms with Crippen LogP contribution in [0.2, 0.25) is 0 Å².